The Labute approximate surface area is 114 Å². The Morgan fingerprint density at radius 1 is 1.37 bits per heavy atom. The van der Waals surface area contributed by atoms with E-state index in [4.69, 9.17) is 9.84 Å². The maximum absolute atomic E-state index is 12.0. The van der Waals surface area contributed by atoms with Crippen LogP contribution in [0.3, 0.4) is 0 Å². The molecule has 106 valence electrons. The first-order chi connectivity index (χ1) is 9.27. The number of benzene rings is 1. The highest BCUT2D eigenvalue weighted by Gasteiger charge is 2.12. The maximum Gasteiger partial charge on any atom is 0.317 e. The van der Waals surface area contributed by atoms with E-state index in [-0.39, 0.29) is 12.6 Å². The number of aliphatic hydroxyl groups is 1. The van der Waals surface area contributed by atoms with Crippen LogP contribution in [-0.2, 0) is 11.3 Å². The number of nitrogens with zero attached hydrogens (tertiary/aromatic N) is 1. The van der Waals surface area contributed by atoms with Crippen molar-refractivity contribution in [1.82, 2.24) is 10.2 Å². The molecule has 1 aromatic carbocycles. The summed E-state index contributed by atoms with van der Waals surface area (Å²) in [5, 5.41) is 11.9. The summed E-state index contributed by atoms with van der Waals surface area (Å²) in [4.78, 5) is 13.6. The smallest absolute Gasteiger partial charge is 0.317 e. The molecule has 0 atom stereocenters. The molecule has 0 bridgehead atoms. The summed E-state index contributed by atoms with van der Waals surface area (Å²) in [7, 11) is 1.63. The Kier molecular flexibility index (Phi) is 7.62. The lowest BCUT2D eigenvalue weighted by atomic mass is 10.2. The van der Waals surface area contributed by atoms with Crippen LogP contribution in [0.1, 0.15) is 12.0 Å². The van der Waals surface area contributed by atoms with Gasteiger partial charge >= 0.3 is 6.03 Å². The molecular weight excluding hydrogens is 244 g/mol. The molecule has 0 aliphatic heterocycles. The Balaban J connectivity index is 2.44. The number of methoxy groups -OCH3 is 1. The predicted octanol–water partition coefficient (Wildman–Crippen LogP) is 1.23. The highest BCUT2D eigenvalue weighted by Crippen LogP contribution is 2.04. The Hall–Kier alpha value is -1.59. The molecule has 5 heteroatoms. The number of hydrogen-bond acceptors (Lipinski definition) is 3. The maximum atomic E-state index is 12.0. The lowest BCUT2D eigenvalue weighted by Gasteiger charge is -2.22. The van der Waals surface area contributed by atoms with E-state index in [9.17, 15) is 4.79 Å². The minimum atomic E-state index is -0.158. The van der Waals surface area contributed by atoms with Crippen molar-refractivity contribution in [2.24, 2.45) is 0 Å². The lowest BCUT2D eigenvalue weighted by Crippen LogP contribution is -2.41. The standard InChI is InChI=1S/C14H22N2O3/c1-19-11-5-8-15-14(18)16(9-10-17)12-13-6-3-2-4-7-13/h2-4,6-7,17H,5,8-12H2,1H3,(H,15,18). The van der Waals surface area contributed by atoms with Gasteiger partial charge in [0.25, 0.3) is 0 Å². The van der Waals surface area contributed by atoms with Gasteiger partial charge in [-0.1, -0.05) is 30.3 Å². The molecule has 2 N–H and O–H groups in total. The first-order valence-corrected chi connectivity index (χ1v) is 6.44. The third-order valence-electron chi connectivity index (χ3n) is 2.67. The van der Waals surface area contributed by atoms with Crippen molar-refractivity contribution in [1.29, 1.82) is 0 Å². The summed E-state index contributed by atoms with van der Waals surface area (Å²) < 4.78 is 4.92. The van der Waals surface area contributed by atoms with Gasteiger partial charge in [-0.25, -0.2) is 4.79 Å². The molecule has 1 aromatic rings. The first kappa shape index (κ1) is 15.5. The van der Waals surface area contributed by atoms with Crippen LogP contribution >= 0.6 is 0 Å². The summed E-state index contributed by atoms with van der Waals surface area (Å²) in [6.07, 6.45) is 0.778. The second kappa shape index (κ2) is 9.35. The molecule has 0 fully saturated rings. The van der Waals surface area contributed by atoms with Crippen LogP contribution in [-0.4, -0.2) is 49.5 Å². The summed E-state index contributed by atoms with van der Waals surface area (Å²) >= 11 is 0. The van der Waals surface area contributed by atoms with E-state index in [2.05, 4.69) is 5.32 Å². The topological polar surface area (TPSA) is 61.8 Å². The van der Waals surface area contributed by atoms with Gasteiger partial charge in [0.2, 0.25) is 0 Å². The molecule has 0 aromatic heterocycles. The van der Waals surface area contributed by atoms with Gasteiger partial charge in [-0.2, -0.15) is 0 Å². The monoisotopic (exact) mass is 266 g/mol. The highest BCUT2D eigenvalue weighted by molar-refractivity contribution is 5.74. The second-order valence-corrected chi connectivity index (χ2v) is 4.21. The number of rotatable bonds is 8. The SMILES string of the molecule is COCCCNC(=O)N(CCO)Cc1ccccc1. The van der Waals surface area contributed by atoms with Crippen molar-refractivity contribution in [3.8, 4) is 0 Å². The summed E-state index contributed by atoms with van der Waals surface area (Å²) in [6, 6.07) is 9.57. The van der Waals surface area contributed by atoms with Gasteiger partial charge in [-0.3, -0.25) is 0 Å². The third-order valence-corrected chi connectivity index (χ3v) is 2.67. The number of aliphatic hydroxyl groups excluding tert-OH is 1. The molecule has 0 spiro atoms. The molecule has 0 unspecified atom stereocenters. The van der Waals surface area contributed by atoms with Crippen LogP contribution < -0.4 is 5.32 Å². The average molecular weight is 266 g/mol. The molecule has 0 aliphatic rings. The van der Waals surface area contributed by atoms with Gasteiger partial charge in [-0.15, -0.1) is 0 Å². The van der Waals surface area contributed by atoms with E-state index in [0.29, 0.717) is 26.2 Å². The lowest BCUT2D eigenvalue weighted by molar-refractivity contribution is 0.169. The fourth-order valence-electron chi connectivity index (χ4n) is 1.70. The summed E-state index contributed by atoms with van der Waals surface area (Å²) in [5.74, 6) is 0. The number of nitrogens with one attached hydrogen (secondary N) is 1. The van der Waals surface area contributed by atoms with Crippen molar-refractivity contribution in [3.63, 3.8) is 0 Å². The van der Waals surface area contributed by atoms with E-state index < -0.39 is 0 Å². The van der Waals surface area contributed by atoms with Crippen molar-refractivity contribution in [2.75, 3.05) is 33.4 Å². The average Bonchev–Trinajstić information content (AvgIpc) is 2.44. The molecule has 5 nitrogen and oxygen atoms in total. The van der Waals surface area contributed by atoms with Crippen LogP contribution in [0.4, 0.5) is 4.79 Å². The van der Waals surface area contributed by atoms with Gasteiger partial charge < -0.3 is 20.1 Å². The fraction of sp³-hybridized carbons (Fsp3) is 0.500. The van der Waals surface area contributed by atoms with Crippen LogP contribution in [0, 0.1) is 0 Å². The zero-order valence-corrected chi connectivity index (χ0v) is 11.3. The summed E-state index contributed by atoms with van der Waals surface area (Å²) in [5.41, 5.74) is 1.04. The van der Waals surface area contributed by atoms with Gasteiger partial charge in [-0.05, 0) is 12.0 Å². The quantitative estimate of drug-likeness (QED) is 0.696. The van der Waals surface area contributed by atoms with Crippen LogP contribution in [0.5, 0.6) is 0 Å². The van der Waals surface area contributed by atoms with E-state index in [1.807, 2.05) is 30.3 Å². The predicted molar refractivity (Wildman–Crippen MR) is 73.8 cm³/mol. The number of carbonyl (C=O) groups excluding carboxylic acids is 1. The number of amides is 2. The normalized spacial score (nSPS) is 10.2. The van der Waals surface area contributed by atoms with Gasteiger partial charge in [0.1, 0.15) is 0 Å². The molecule has 0 saturated carbocycles. The third kappa shape index (κ3) is 6.22. The van der Waals surface area contributed by atoms with Crippen molar-refractivity contribution < 1.29 is 14.6 Å². The zero-order valence-electron chi connectivity index (χ0n) is 11.3. The molecule has 1 rings (SSSR count). The van der Waals surface area contributed by atoms with Crippen LogP contribution in [0.25, 0.3) is 0 Å². The van der Waals surface area contributed by atoms with Crippen LogP contribution in [0.2, 0.25) is 0 Å². The van der Waals surface area contributed by atoms with E-state index in [0.717, 1.165) is 12.0 Å². The summed E-state index contributed by atoms with van der Waals surface area (Å²) in [6.45, 7) is 1.98. The molecule has 0 aliphatic carbocycles. The minimum Gasteiger partial charge on any atom is -0.395 e. The molecular formula is C14H22N2O3. The van der Waals surface area contributed by atoms with E-state index >= 15 is 0 Å². The van der Waals surface area contributed by atoms with Crippen molar-refractivity contribution in [2.45, 2.75) is 13.0 Å². The highest BCUT2D eigenvalue weighted by atomic mass is 16.5. The number of ether oxygens (including phenoxy) is 1. The Bertz CT molecular complexity index is 357. The fourth-order valence-corrected chi connectivity index (χ4v) is 1.70. The zero-order chi connectivity index (χ0) is 13.9. The first-order valence-electron chi connectivity index (χ1n) is 6.44. The largest absolute Gasteiger partial charge is 0.395 e. The van der Waals surface area contributed by atoms with Gasteiger partial charge in [0.05, 0.1) is 6.61 Å². The molecule has 0 saturated heterocycles. The van der Waals surface area contributed by atoms with Gasteiger partial charge in [0, 0.05) is 33.4 Å². The van der Waals surface area contributed by atoms with Crippen LogP contribution in [0.15, 0.2) is 30.3 Å². The van der Waals surface area contributed by atoms with E-state index in [1.165, 1.54) is 0 Å². The second-order valence-electron chi connectivity index (χ2n) is 4.21. The molecule has 0 radical (unpaired) electrons. The van der Waals surface area contributed by atoms with Gasteiger partial charge in [0.15, 0.2) is 0 Å². The van der Waals surface area contributed by atoms with Crippen molar-refractivity contribution in [3.05, 3.63) is 35.9 Å². The number of carbonyl (C=O) groups is 1. The molecule has 0 heterocycles. The number of hydrogen-bond donors (Lipinski definition) is 2. The Morgan fingerprint density at radius 3 is 2.74 bits per heavy atom. The molecule has 19 heavy (non-hydrogen) atoms. The van der Waals surface area contributed by atoms with Crippen molar-refractivity contribution >= 4 is 6.03 Å². The molecule has 2 amide bonds. The Morgan fingerprint density at radius 2 is 2.11 bits per heavy atom. The van der Waals surface area contributed by atoms with E-state index in [1.54, 1.807) is 12.0 Å². The minimum absolute atomic E-state index is 0.0433. The number of urea groups is 1.